The number of nitriles is 1. The number of benzene rings is 1. The molecule has 0 bridgehead atoms. The van der Waals surface area contributed by atoms with Gasteiger partial charge in [0.25, 0.3) is 0 Å². The van der Waals surface area contributed by atoms with Crippen molar-refractivity contribution in [1.29, 1.82) is 5.26 Å². The van der Waals surface area contributed by atoms with Crippen LogP contribution in [0.3, 0.4) is 0 Å². The van der Waals surface area contributed by atoms with E-state index in [0.29, 0.717) is 0 Å². The first-order valence-electron chi connectivity index (χ1n) is 6.72. The van der Waals surface area contributed by atoms with Crippen LogP contribution < -0.4 is 5.73 Å². The van der Waals surface area contributed by atoms with Crippen LogP contribution in [0.2, 0.25) is 0 Å². The van der Waals surface area contributed by atoms with Crippen molar-refractivity contribution in [2.75, 3.05) is 24.6 Å². The lowest BCUT2D eigenvalue weighted by molar-refractivity contribution is 0.347. The van der Waals surface area contributed by atoms with Crippen molar-refractivity contribution in [2.24, 2.45) is 5.73 Å². The van der Waals surface area contributed by atoms with E-state index in [1.807, 2.05) is 6.07 Å². The molecule has 2 N–H and O–H groups in total. The van der Waals surface area contributed by atoms with Gasteiger partial charge in [-0.25, -0.2) is 16.8 Å². The van der Waals surface area contributed by atoms with E-state index in [1.165, 1.54) is 24.3 Å². The Labute approximate surface area is 130 Å². The summed E-state index contributed by atoms with van der Waals surface area (Å²) in [6.07, 6.45) is 0.263. The lowest BCUT2D eigenvalue weighted by Gasteiger charge is -2.26. The molecular formula is C13H17N3O4S2. The molecule has 0 saturated carbocycles. The van der Waals surface area contributed by atoms with E-state index in [0.717, 1.165) is 4.31 Å². The Morgan fingerprint density at radius 1 is 1.41 bits per heavy atom. The maximum atomic E-state index is 12.8. The van der Waals surface area contributed by atoms with Gasteiger partial charge in [-0.2, -0.15) is 9.57 Å². The van der Waals surface area contributed by atoms with Crippen LogP contribution in [-0.4, -0.2) is 51.8 Å². The van der Waals surface area contributed by atoms with Gasteiger partial charge in [-0.1, -0.05) is 6.07 Å². The van der Waals surface area contributed by atoms with Crippen molar-refractivity contribution < 1.29 is 16.8 Å². The van der Waals surface area contributed by atoms with Crippen LogP contribution in [0, 0.1) is 11.3 Å². The van der Waals surface area contributed by atoms with Crippen LogP contribution in [0.5, 0.6) is 0 Å². The highest BCUT2D eigenvalue weighted by molar-refractivity contribution is 7.92. The predicted octanol–water partition coefficient (Wildman–Crippen LogP) is -0.305. The average Bonchev–Trinajstić information content (AvgIpc) is 2.84. The number of hydrogen-bond acceptors (Lipinski definition) is 6. The van der Waals surface area contributed by atoms with E-state index in [9.17, 15) is 16.8 Å². The van der Waals surface area contributed by atoms with Crippen molar-refractivity contribution in [3.05, 3.63) is 29.8 Å². The van der Waals surface area contributed by atoms with Gasteiger partial charge in [-0.15, -0.1) is 0 Å². The largest absolute Gasteiger partial charge is 0.329 e. The number of nitrogens with two attached hydrogens (primary N) is 1. The molecule has 1 aromatic carbocycles. The first kappa shape index (κ1) is 16.9. The van der Waals surface area contributed by atoms with Gasteiger partial charge in [0.2, 0.25) is 10.0 Å². The fraction of sp³-hybridized carbons (Fsp3) is 0.462. The third-order valence-electron chi connectivity index (χ3n) is 3.53. The van der Waals surface area contributed by atoms with Gasteiger partial charge >= 0.3 is 0 Å². The molecule has 2 rings (SSSR count). The van der Waals surface area contributed by atoms with Crippen molar-refractivity contribution in [2.45, 2.75) is 17.4 Å². The summed E-state index contributed by atoms with van der Waals surface area (Å²) < 4.78 is 49.9. The fourth-order valence-electron chi connectivity index (χ4n) is 2.49. The van der Waals surface area contributed by atoms with Crippen molar-refractivity contribution in [3.63, 3.8) is 0 Å². The second kappa shape index (κ2) is 6.34. The summed E-state index contributed by atoms with van der Waals surface area (Å²) in [4.78, 5) is -0.0238. The number of nitrogens with zero attached hydrogens (tertiary/aromatic N) is 2. The van der Waals surface area contributed by atoms with E-state index < -0.39 is 25.9 Å². The highest BCUT2D eigenvalue weighted by Gasteiger charge is 2.38. The molecule has 0 spiro atoms. The topological polar surface area (TPSA) is 121 Å². The zero-order valence-electron chi connectivity index (χ0n) is 11.8. The summed E-state index contributed by atoms with van der Waals surface area (Å²) in [7, 11) is -7.11. The summed E-state index contributed by atoms with van der Waals surface area (Å²) in [5.41, 5.74) is 5.72. The molecule has 1 aliphatic heterocycles. The van der Waals surface area contributed by atoms with Gasteiger partial charge in [0.1, 0.15) is 0 Å². The van der Waals surface area contributed by atoms with Gasteiger partial charge in [0.15, 0.2) is 9.84 Å². The molecule has 1 fully saturated rings. The smallest absolute Gasteiger partial charge is 0.243 e. The third kappa shape index (κ3) is 3.47. The first-order chi connectivity index (χ1) is 10.3. The zero-order chi connectivity index (χ0) is 16.4. The molecule has 0 amide bonds. The summed E-state index contributed by atoms with van der Waals surface area (Å²) in [5.74, 6) is -0.212. The third-order valence-corrected chi connectivity index (χ3v) is 7.23. The number of rotatable bonds is 5. The molecule has 120 valence electrons. The summed E-state index contributed by atoms with van der Waals surface area (Å²) in [5, 5.41) is 8.89. The number of sulfonamides is 1. The second-order valence-corrected chi connectivity index (χ2v) is 9.22. The highest BCUT2D eigenvalue weighted by Crippen LogP contribution is 2.25. The molecule has 0 radical (unpaired) electrons. The van der Waals surface area contributed by atoms with Crippen molar-refractivity contribution >= 4 is 19.9 Å². The minimum Gasteiger partial charge on any atom is -0.329 e. The molecule has 22 heavy (non-hydrogen) atoms. The Hall–Kier alpha value is -1.47. The molecular weight excluding hydrogens is 326 g/mol. The maximum absolute atomic E-state index is 12.8. The predicted molar refractivity (Wildman–Crippen MR) is 81.2 cm³/mol. The molecule has 9 heteroatoms. The van der Waals surface area contributed by atoms with Gasteiger partial charge in [-0.3, -0.25) is 0 Å². The van der Waals surface area contributed by atoms with Crippen LogP contribution in [0.15, 0.2) is 29.2 Å². The average molecular weight is 343 g/mol. The van der Waals surface area contributed by atoms with Gasteiger partial charge < -0.3 is 5.73 Å². The molecule has 1 atom stereocenters. The minimum absolute atomic E-state index is 0.0213. The van der Waals surface area contributed by atoms with Crippen LogP contribution in [0.25, 0.3) is 0 Å². The van der Waals surface area contributed by atoms with Crippen LogP contribution in [0.1, 0.15) is 12.0 Å². The second-order valence-electron chi connectivity index (χ2n) is 5.10. The van der Waals surface area contributed by atoms with Crippen LogP contribution >= 0.6 is 0 Å². The normalized spacial score (nSPS) is 20.9. The summed E-state index contributed by atoms with van der Waals surface area (Å²) >= 11 is 0. The van der Waals surface area contributed by atoms with Crippen LogP contribution in [0.4, 0.5) is 0 Å². The van der Waals surface area contributed by atoms with E-state index in [-0.39, 0.29) is 41.5 Å². The molecule has 0 aromatic heterocycles. The van der Waals surface area contributed by atoms with Crippen LogP contribution in [-0.2, 0) is 19.9 Å². The van der Waals surface area contributed by atoms with E-state index in [2.05, 4.69) is 0 Å². The van der Waals surface area contributed by atoms with Gasteiger partial charge in [0, 0.05) is 19.1 Å². The fourth-order valence-corrected chi connectivity index (χ4v) is 6.03. The SMILES string of the molecule is N#Cc1cccc(S(=O)(=O)N(CCN)[C@@H]2CCS(=O)(=O)C2)c1. The van der Waals surface area contributed by atoms with E-state index in [1.54, 1.807) is 0 Å². The van der Waals surface area contributed by atoms with Crippen molar-refractivity contribution in [1.82, 2.24) is 4.31 Å². The highest BCUT2D eigenvalue weighted by atomic mass is 32.2. The first-order valence-corrected chi connectivity index (χ1v) is 9.99. The Morgan fingerprint density at radius 2 is 2.14 bits per heavy atom. The molecule has 7 nitrogen and oxygen atoms in total. The van der Waals surface area contributed by atoms with Crippen molar-refractivity contribution in [3.8, 4) is 6.07 Å². The van der Waals surface area contributed by atoms with Gasteiger partial charge in [-0.05, 0) is 24.6 Å². The molecule has 0 unspecified atom stereocenters. The Kier molecular flexibility index (Phi) is 4.87. The maximum Gasteiger partial charge on any atom is 0.243 e. The Balaban J connectivity index is 2.40. The molecule has 0 aliphatic carbocycles. The monoisotopic (exact) mass is 343 g/mol. The molecule has 1 saturated heterocycles. The number of hydrogen-bond donors (Lipinski definition) is 1. The van der Waals surface area contributed by atoms with E-state index >= 15 is 0 Å². The van der Waals surface area contributed by atoms with Gasteiger partial charge in [0.05, 0.1) is 28.0 Å². The Morgan fingerprint density at radius 3 is 2.68 bits per heavy atom. The zero-order valence-corrected chi connectivity index (χ0v) is 13.5. The molecule has 1 heterocycles. The Bertz CT molecular complexity index is 797. The lowest BCUT2D eigenvalue weighted by Crippen LogP contribution is -2.43. The quantitative estimate of drug-likeness (QED) is 0.783. The summed E-state index contributed by atoms with van der Waals surface area (Å²) in [6, 6.07) is 6.94. The standard InChI is InChI=1S/C13H17N3O4S2/c14-5-6-16(12-4-7-21(17,18)10-12)22(19,20)13-3-1-2-11(8-13)9-15/h1-3,8,12H,4-7,10,14H2/t12-/m1/s1. The lowest BCUT2D eigenvalue weighted by atomic mass is 10.2. The molecule has 1 aliphatic rings. The summed E-state index contributed by atoms with van der Waals surface area (Å²) in [6.45, 7) is 0.132. The van der Waals surface area contributed by atoms with E-state index in [4.69, 9.17) is 11.0 Å². The minimum atomic E-state index is -3.89. The molecule has 1 aromatic rings. The number of sulfone groups is 1.